The van der Waals surface area contributed by atoms with Gasteiger partial charge >= 0.3 is 0 Å². The lowest BCUT2D eigenvalue weighted by molar-refractivity contribution is -0.138. The summed E-state index contributed by atoms with van der Waals surface area (Å²) in [4.78, 5) is 33.0. The maximum atomic E-state index is 12.7. The normalized spacial score (nSPS) is 17.4. The molecule has 0 saturated carbocycles. The number of amides is 2. The van der Waals surface area contributed by atoms with Gasteiger partial charge in [-0.15, -0.1) is 0 Å². The molecule has 8 nitrogen and oxygen atoms in total. The Hall–Kier alpha value is -2.74. The number of hydrogen-bond acceptors (Lipinski definition) is 6. The molecular formula is C20H27N5O3. The van der Waals surface area contributed by atoms with Gasteiger partial charge in [0, 0.05) is 46.6 Å². The molecule has 1 aromatic heterocycles. The van der Waals surface area contributed by atoms with E-state index < -0.39 is 6.04 Å². The van der Waals surface area contributed by atoms with Gasteiger partial charge in [0.15, 0.2) is 5.82 Å². The number of benzene rings is 1. The first kappa shape index (κ1) is 20.0. The van der Waals surface area contributed by atoms with Crippen molar-refractivity contribution in [1.29, 1.82) is 0 Å². The van der Waals surface area contributed by atoms with Gasteiger partial charge in [0.05, 0.1) is 12.5 Å². The Morgan fingerprint density at radius 3 is 2.86 bits per heavy atom. The third-order valence-corrected chi connectivity index (χ3v) is 5.11. The molecule has 1 N–H and O–H groups in total. The Morgan fingerprint density at radius 2 is 2.14 bits per heavy atom. The van der Waals surface area contributed by atoms with Gasteiger partial charge in [0.2, 0.25) is 17.7 Å². The molecule has 8 heteroatoms. The van der Waals surface area contributed by atoms with Gasteiger partial charge in [-0.05, 0) is 18.1 Å². The summed E-state index contributed by atoms with van der Waals surface area (Å²) in [5.74, 6) is 0.927. The minimum atomic E-state index is -0.462. The Morgan fingerprint density at radius 1 is 1.36 bits per heavy atom. The maximum Gasteiger partial charge on any atom is 0.237 e. The lowest BCUT2D eigenvalue weighted by Crippen LogP contribution is -2.56. The van der Waals surface area contributed by atoms with E-state index in [0.29, 0.717) is 37.8 Å². The van der Waals surface area contributed by atoms with Crippen LogP contribution in [-0.4, -0.2) is 64.5 Å². The molecule has 0 bridgehead atoms. The van der Waals surface area contributed by atoms with Gasteiger partial charge in [-0.2, -0.15) is 4.98 Å². The van der Waals surface area contributed by atoms with Crippen molar-refractivity contribution in [1.82, 2.24) is 25.3 Å². The summed E-state index contributed by atoms with van der Waals surface area (Å²) in [6.45, 7) is 6.25. The van der Waals surface area contributed by atoms with E-state index in [1.165, 1.54) is 11.1 Å². The van der Waals surface area contributed by atoms with E-state index in [2.05, 4.69) is 39.4 Å². The second-order valence-electron chi connectivity index (χ2n) is 7.20. The highest BCUT2D eigenvalue weighted by molar-refractivity contribution is 5.88. The summed E-state index contributed by atoms with van der Waals surface area (Å²) in [5.41, 5.74) is 2.36. The van der Waals surface area contributed by atoms with E-state index in [1.807, 2.05) is 12.1 Å². The van der Waals surface area contributed by atoms with Crippen molar-refractivity contribution in [3.8, 4) is 0 Å². The van der Waals surface area contributed by atoms with Gasteiger partial charge in [-0.3, -0.25) is 14.5 Å². The summed E-state index contributed by atoms with van der Waals surface area (Å²) >= 11 is 0. The number of nitrogens with one attached hydrogen (secondary N) is 1. The van der Waals surface area contributed by atoms with E-state index in [0.717, 1.165) is 6.54 Å². The molecular weight excluding hydrogens is 358 g/mol. The third kappa shape index (κ3) is 4.95. The first-order valence-corrected chi connectivity index (χ1v) is 9.53. The quantitative estimate of drug-likeness (QED) is 0.767. The SMILES string of the molecule is Cc1nc(CCN(C)C(=O)CC2C(=O)NCCN2Cc2ccccc2C)no1. The number of piperazine rings is 1. The van der Waals surface area contributed by atoms with Crippen molar-refractivity contribution < 1.29 is 14.1 Å². The van der Waals surface area contributed by atoms with Crippen molar-refractivity contribution in [2.24, 2.45) is 0 Å². The van der Waals surface area contributed by atoms with Crippen LogP contribution in [0.4, 0.5) is 0 Å². The van der Waals surface area contributed by atoms with Crippen LogP contribution < -0.4 is 5.32 Å². The van der Waals surface area contributed by atoms with E-state index >= 15 is 0 Å². The minimum Gasteiger partial charge on any atom is -0.353 e. The first-order chi connectivity index (χ1) is 13.4. The molecule has 1 saturated heterocycles. The molecule has 28 heavy (non-hydrogen) atoms. The van der Waals surface area contributed by atoms with Crippen LogP contribution in [0.15, 0.2) is 28.8 Å². The molecule has 150 valence electrons. The molecule has 1 aliphatic rings. The zero-order chi connectivity index (χ0) is 20.1. The fraction of sp³-hybridized carbons (Fsp3) is 0.500. The highest BCUT2D eigenvalue weighted by Gasteiger charge is 2.32. The zero-order valence-electron chi connectivity index (χ0n) is 16.6. The van der Waals surface area contributed by atoms with Crippen LogP contribution in [0.2, 0.25) is 0 Å². The van der Waals surface area contributed by atoms with Crippen molar-refractivity contribution in [3.05, 3.63) is 47.1 Å². The number of aromatic nitrogens is 2. The largest absolute Gasteiger partial charge is 0.353 e. The predicted molar refractivity (Wildman–Crippen MR) is 103 cm³/mol. The molecule has 0 spiro atoms. The summed E-state index contributed by atoms with van der Waals surface area (Å²) in [6.07, 6.45) is 0.669. The smallest absolute Gasteiger partial charge is 0.237 e. The zero-order valence-corrected chi connectivity index (χ0v) is 16.6. The van der Waals surface area contributed by atoms with E-state index in [1.54, 1.807) is 18.9 Å². The number of hydrogen-bond donors (Lipinski definition) is 1. The molecule has 1 atom stereocenters. The molecule has 1 aliphatic heterocycles. The Kier molecular flexibility index (Phi) is 6.41. The topological polar surface area (TPSA) is 91.6 Å². The Balaban J connectivity index is 1.60. The predicted octanol–water partition coefficient (Wildman–Crippen LogP) is 1.08. The lowest BCUT2D eigenvalue weighted by Gasteiger charge is -2.35. The van der Waals surface area contributed by atoms with Crippen molar-refractivity contribution >= 4 is 11.8 Å². The average Bonchev–Trinajstić information content (AvgIpc) is 3.09. The maximum absolute atomic E-state index is 12.7. The molecule has 3 rings (SSSR count). The van der Waals surface area contributed by atoms with Gasteiger partial charge in [0.25, 0.3) is 0 Å². The first-order valence-electron chi connectivity index (χ1n) is 9.53. The molecule has 1 unspecified atom stereocenters. The molecule has 0 radical (unpaired) electrons. The molecule has 2 aromatic rings. The second-order valence-corrected chi connectivity index (χ2v) is 7.20. The van der Waals surface area contributed by atoms with Gasteiger partial charge in [-0.1, -0.05) is 29.4 Å². The van der Waals surface area contributed by atoms with Crippen LogP contribution in [0.3, 0.4) is 0 Å². The fourth-order valence-corrected chi connectivity index (χ4v) is 3.34. The summed E-state index contributed by atoms with van der Waals surface area (Å²) < 4.78 is 4.95. The van der Waals surface area contributed by atoms with Crippen LogP contribution in [0, 0.1) is 13.8 Å². The van der Waals surface area contributed by atoms with Crippen molar-refractivity contribution in [2.45, 2.75) is 39.3 Å². The van der Waals surface area contributed by atoms with E-state index in [4.69, 9.17) is 4.52 Å². The van der Waals surface area contributed by atoms with Crippen LogP contribution in [0.25, 0.3) is 0 Å². The van der Waals surface area contributed by atoms with Crippen LogP contribution in [-0.2, 0) is 22.6 Å². The van der Waals surface area contributed by atoms with Crippen molar-refractivity contribution in [2.75, 3.05) is 26.7 Å². The van der Waals surface area contributed by atoms with Gasteiger partial charge in [0.1, 0.15) is 0 Å². The summed E-state index contributed by atoms with van der Waals surface area (Å²) in [6, 6.07) is 7.67. The minimum absolute atomic E-state index is 0.0722. The number of nitrogens with zero attached hydrogens (tertiary/aromatic N) is 4. The van der Waals surface area contributed by atoms with Crippen molar-refractivity contribution in [3.63, 3.8) is 0 Å². The van der Waals surface area contributed by atoms with Gasteiger partial charge < -0.3 is 14.7 Å². The van der Waals surface area contributed by atoms with E-state index in [-0.39, 0.29) is 18.2 Å². The molecule has 2 heterocycles. The molecule has 0 aliphatic carbocycles. The Labute approximate surface area is 164 Å². The van der Waals surface area contributed by atoms with Crippen LogP contribution in [0.5, 0.6) is 0 Å². The van der Waals surface area contributed by atoms with E-state index in [9.17, 15) is 9.59 Å². The number of rotatable bonds is 7. The molecule has 1 aromatic carbocycles. The second kappa shape index (κ2) is 8.97. The Bertz CT molecular complexity index is 835. The highest BCUT2D eigenvalue weighted by atomic mass is 16.5. The highest BCUT2D eigenvalue weighted by Crippen LogP contribution is 2.17. The monoisotopic (exact) mass is 385 g/mol. The fourth-order valence-electron chi connectivity index (χ4n) is 3.34. The summed E-state index contributed by atoms with van der Waals surface area (Å²) in [5, 5.41) is 6.73. The van der Waals surface area contributed by atoms with Crippen LogP contribution in [0.1, 0.15) is 29.3 Å². The standard InChI is InChI=1S/C20H27N5O3/c1-14-6-4-5-7-16(14)13-25-11-9-21-20(27)17(25)12-19(26)24(3)10-8-18-22-15(2)28-23-18/h4-7,17H,8-13H2,1-3H3,(H,21,27). The van der Waals surface area contributed by atoms with Gasteiger partial charge in [-0.25, -0.2) is 0 Å². The number of aryl methyl sites for hydroxylation is 2. The third-order valence-electron chi connectivity index (χ3n) is 5.11. The molecule has 1 fully saturated rings. The number of likely N-dealkylation sites (N-methyl/N-ethyl adjacent to an activating group) is 1. The average molecular weight is 385 g/mol. The molecule has 2 amide bonds. The summed E-state index contributed by atoms with van der Waals surface area (Å²) in [7, 11) is 1.74. The lowest BCUT2D eigenvalue weighted by atomic mass is 10.0. The number of carbonyl (C=O) groups excluding carboxylic acids is 2. The number of carbonyl (C=O) groups is 2. The van der Waals surface area contributed by atoms with Crippen LogP contribution >= 0.6 is 0 Å².